The van der Waals surface area contributed by atoms with E-state index in [1.54, 1.807) is 32.2 Å². The van der Waals surface area contributed by atoms with Gasteiger partial charge in [0.15, 0.2) is 9.84 Å². The maximum Gasteiger partial charge on any atom is 0.244 e. The minimum Gasteiger partial charge on any atom is -0.495 e. The predicted octanol–water partition coefficient (Wildman–Crippen LogP) is 1.10. The number of nitrogens with one attached hydrogen (secondary N) is 2. The van der Waals surface area contributed by atoms with Crippen molar-refractivity contribution in [1.82, 2.24) is 4.90 Å². The van der Waals surface area contributed by atoms with Gasteiger partial charge in [0.05, 0.1) is 24.3 Å². The molecule has 1 fully saturated rings. The lowest BCUT2D eigenvalue weighted by atomic mass is 10.2. The summed E-state index contributed by atoms with van der Waals surface area (Å²) in [5, 5.41) is 5.76. The molecule has 26 heavy (non-hydrogen) atoms. The van der Waals surface area contributed by atoms with Gasteiger partial charge in [-0.25, -0.2) is 8.42 Å². The van der Waals surface area contributed by atoms with Crippen LogP contribution in [0.1, 0.15) is 20.3 Å². The molecule has 0 aromatic heterocycles. The van der Waals surface area contributed by atoms with Crippen LogP contribution in [0, 0.1) is 0 Å². The maximum atomic E-state index is 12.7. The molecular weight excluding hydrogens is 358 g/mol. The molecule has 0 saturated carbocycles. The highest BCUT2D eigenvalue weighted by atomic mass is 32.2. The molecule has 1 heterocycles. The van der Waals surface area contributed by atoms with Crippen LogP contribution in [0.2, 0.25) is 0 Å². The molecule has 0 radical (unpaired) electrons. The number of rotatable bonds is 6. The summed E-state index contributed by atoms with van der Waals surface area (Å²) in [7, 11) is 0.0756. The van der Waals surface area contributed by atoms with E-state index in [9.17, 15) is 18.0 Å². The molecule has 1 saturated heterocycles. The van der Waals surface area contributed by atoms with Crippen LogP contribution in [0.4, 0.5) is 11.4 Å². The molecule has 0 bridgehead atoms. The molecule has 0 unspecified atom stereocenters. The molecule has 8 nitrogen and oxygen atoms in total. The number of benzene rings is 1. The number of hydrogen-bond acceptors (Lipinski definition) is 6. The van der Waals surface area contributed by atoms with E-state index in [0.717, 1.165) is 0 Å². The van der Waals surface area contributed by atoms with Crippen LogP contribution >= 0.6 is 0 Å². The van der Waals surface area contributed by atoms with Crippen LogP contribution in [-0.4, -0.2) is 62.9 Å². The van der Waals surface area contributed by atoms with Gasteiger partial charge in [-0.2, -0.15) is 0 Å². The lowest BCUT2D eigenvalue weighted by molar-refractivity contribution is -0.132. The van der Waals surface area contributed by atoms with E-state index in [0.29, 0.717) is 23.5 Å². The molecule has 9 heteroatoms. The van der Waals surface area contributed by atoms with E-state index in [2.05, 4.69) is 10.6 Å². The molecule has 144 valence electrons. The molecule has 1 aromatic rings. The highest BCUT2D eigenvalue weighted by Gasteiger charge is 2.34. The number of likely N-dealkylation sites (N-methyl/N-ethyl adjacent to an activating group) is 1. The fourth-order valence-electron chi connectivity index (χ4n) is 2.96. The Balaban J connectivity index is 2.11. The Hall–Kier alpha value is -2.29. The third-order valence-electron chi connectivity index (χ3n) is 4.37. The van der Waals surface area contributed by atoms with E-state index in [1.807, 2.05) is 0 Å². The molecular formula is C17H25N3O5S. The first-order chi connectivity index (χ1) is 12.1. The van der Waals surface area contributed by atoms with Gasteiger partial charge in [-0.1, -0.05) is 0 Å². The number of methoxy groups -OCH3 is 1. The highest BCUT2D eigenvalue weighted by molar-refractivity contribution is 7.91. The molecule has 1 aliphatic rings. The van der Waals surface area contributed by atoms with Gasteiger partial charge < -0.3 is 20.3 Å². The number of carbonyl (C=O) groups is 2. The van der Waals surface area contributed by atoms with E-state index >= 15 is 0 Å². The number of ether oxygens (including phenoxy) is 1. The van der Waals surface area contributed by atoms with Crippen LogP contribution in [0.5, 0.6) is 5.75 Å². The lowest BCUT2D eigenvalue weighted by Crippen LogP contribution is -2.45. The summed E-state index contributed by atoms with van der Waals surface area (Å²) in [6, 6.07) is 4.18. The van der Waals surface area contributed by atoms with Crippen LogP contribution in [0.3, 0.4) is 0 Å². The molecule has 0 spiro atoms. The summed E-state index contributed by atoms with van der Waals surface area (Å²) in [5.74, 6) is 0.240. The average molecular weight is 383 g/mol. The number of amides is 2. The van der Waals surface area contributed by atoms with E-state index in [-0.39, 0.29) is 29.4 Å². The number of carbonyl (C=O) groups excluding carboxylic acids is 2. The van der Waals surface area contributed by atoms with Crippen molar-refractivity contribution < 1.29 is 22.7 Å². The van der Waals surface area contributed by atoms with E-state index in [1.165, 1.54) is 18.9 Å². The normalized spacial score (nSPS) is 19.5. The summed E-state index contributed by atoms with van der Waals surface area (Å²) in [5.41, 5.74) is 1.14. The molecule has 2 N–H and O–H groups in total. The Morgan fingerprint density at radius 2 is 2.04 bits per heavy atom. The van der Waals surface area contributed by atoms with Crippen molar-refractivity contribution in [3.63, 3.8) is 0 Å². The van der Waals surface area contributed by atoms with Gasteiger partial charge in [0.25, 0.3) is 0 Å². The number of hydrogen-bond donors (Lipinski definition) is 2. The zero-order valence-electron chi connectivity index (χ0n) is 15.4. The Kier molecular flexibility index (Phi) is 6.12. The molecule has 0 aliphatic carbocycles. The van der Waals surface area contributed by atoms with Gasteiger partial charge in [-0.05, 0) is 31.5 Å². The largest absolute Gasteiger partial charge is 0.495 e. The molecule has 1 aromatic carbocycles. The maximum absolute atomic E-state index is 12.7. The van der Waals surface area contributed by atoms with Crippen molar-refractivity contribution in [3.05, 3.63) is 18.2 Å². The van der Waals surface area contributed by atoms with Crippen molar-refractivity contribution >= 4 is 33.0 Å². The quantitative estimate of drug-likeness (QED) is 0.762. The predicted molar refractivity (Wildman–Crippen MR) is 100 cm³/mol. The zero-order chi connectivity index (χ0) is 19.5. The second-order valence-electron chi connectivity index (χ2n) is 6.47. The van der Waals surface area contributed by atoms with Crippen molar-refractivity contribution in [2.24, 2.45) is 0 Å². The summed E-state index contributed by atoms with van der Waals surface area (Å²) in [6.07, 6.45) is 0.457. The second-order valence-corrected chi connectivity index (χ2v) is 8.70. The van der Waals surface area contributed by atoms with Crippen LogP contribution in [0.25, 0.3) is 0 Å². The molecule has 2 atom stereocenters. The first-order valence-corrected chi connectivity index (χ1v) is 10.1. The van der Waals surface area contributed by atoms with Gasteiger partial charge in [-0.3, -0.25) is 9.59 Å². The topological polar surface area (TPSA) is 105 Å². The van der Waals surface area contributed by atoms with Crippen LogP contribution in [0.15, 0.2) is 18.2 Å². The average Bonchev–Trinajstić information content (AvgIpc) is 2.93. The summed E-state index contributed by atoms with van der Waals surface area (Å²) in [4.78, 5) is 25.4. The van der Waals surface area contributed by atoms with E-state index < -0.39 is 15.9 Å². The Morgan fingerprint density at radius 1 is 1.35 bits per heavy atom. The molecule has 2 amide bonds. The third kappa shape index (κ3) is 4.87. The van der Waals surface area contributed by atoms with Crippen LogP contribution in [-0.2, 0) is 19.4 Å². The smallest absolute Gasteiger partial charge is 0.244 e. The number of sulfone groups is 1. The summed E-state index contributed by atoms with van der Waals surface area (Å²) >= 11 is 0. The Bertz CT molecular complexity index is 794. The second kappa shape index (κ2) is 7.94. The minimum atomic E-state index is -3.06. The third-order valence-corrected chi connectivity index (χ3v) is 6.12. The van der Waals surface area contributed by atoms with Gasteiger partial charge in [0.2, 0.25) is 11.8 Å². The highest BCUT2D eigenvalue weighted by Crippen LogP contribution is 2.29. The van der Waals surface area contributed by atoms with Crippen molar-refractivity contribution in [1.29, 1.82) is 0 Å². The Morgan fingerprint density at radius 3 is 2.58 bits per heavy atom. The fourth-order valence-corrected chi connectivity index (χ4v) is 4.74. The first kappa shape index (κ1) is 20.0. The lowest BCUT2D eigenvalue weighted by Gasteiger charge is -2.27. The zero-order valence-corrected chi connectivity index (χ0v) is 16.2. The number of anilines is 2. The van der Waals surface area contributed by atoms with Crippen molar-refractivity contribution in [2.75, 3.05) is 36.3 Å². The van der Waals surface area contributed by atoms with Crippen LogP contribution < -0.4 is 15.4 Å². The van der Waals surface area contributed by atoms with Crippen molar-refractivity contribution in [2.45, 2.75) is 32.4 Å². The fraction of sp³-hybridized carbons (Fsp3) is 0.529. The monoisotopic (exact) mass is 383 g/mol. The van der Waals surface area contributed by atoms with E-state index in [4.69, 9.17) is 4.74 Å². The summed E-state index contributed by atoms with van der Waals surface area (Å²) < 4.78 is 28.6. The first-order valence-electron chi connectivity index (χ1n) is 8.32. The molecule has 1 aliphatic heterocycles. The standard InChI is InChI=1S/C17H25N3O5S/c1-11(17(22)20(3)14-7-8-26(23,24)10-14)18-15-9-13(19-12(2)21)5-6-16(15)25-4/h5-6,9,11,14,18H,7-8,10H2,1-4H3,(H,19,21)/t11-,14+/m1/s1. The van der Waals surface area contributed by atoms with Gasteiger partial charge in [0.1, 0.15) is 11.8 Å². The number of nitrogens with zero attached hydrogens (tertiary/aromatic N) is 1. The minimum absolute atomic E-state index is 0.00327. The van der Waals surface area contributed by atoms with Crippen molar-refractivity contribution in [3.8, 4) is 5.75 Å². The van der Waals surface area contributed by atoms with Gasteiger partial charge in [0, 0.05) is 25.7 Å². The van der Waals surface area contributed by atoms with Gasteiger partial charge in [-0.15, -0.1) is 0 Å². The Labute approximate surface area is 153 Å². The summed E-state index contributed by atoms with van der Waals surface area (Å²) in [6.45, 7) is 3.11. The van der Waals surface area contributed by atoms with Gasteiger partial charge >= 0.3 is 0 Å². The SMILES string of the molecule is COc1ccc(NC(C)=O)cc1N[C@H](C)C(=O)N(C)[C@H]1CCS(=O)(=O)C1. The molecule has 2 rings (SSSR count).